The molecule has 1 aromatic rings. The number of carbonyl (C=O) groups is 1. The van der Waals surface area contributed by atoms with Gasteiger partial charge in [0.2, 0.25) is 10.0 Å². The molecule has 1 saturated heterocycles. The molecule has 6 heteroatoms. The third-order valence-electron chi connectivity index (χ3n) is 3.90. The van der Waals surface area contributed by atoms with Crippen LogP contribution in [0.3, 0.4) is 0 Å². The Morgan fingerprint density at radius 1 is 1.43 bits per heavy atom. The van der Waals surface area contributed by atoms with Gasteiger partial charge >= 0.3 is 0 Å². The summed E-state index contributed by atoms with van der Waals surface area (Å²) in [5, 5.41) is 8.85. The predicted molar refractivity (Wildman–Crippen MR) is 78.1 cm³/mol. The lowest BCUT2D eigenvalue weighted by Crippen LogP contribution is -2.44. The minimum Gasteiger partial charge on any atom is -0.299 e. The Hall–Kier alpha value is -1.71. The summed E-state index contributed by atoms with van der Waals surface area (Å²) in [5.41, 5.74) is 0.991. The summed E-state index contributed by atoms with van der Waals surface area (Å²) in [4.78, 5) is 11.9. The maximum atomic E-state index is 12.7. The molecule has 0 spiro atoms. The molecule has 5 nitrogen and oxygen atoms in total. The number of hydrogen-bond donors (Lipinski definition) is 0. The molecule has 0 aliphatic carbocycles. The van der Waals surface area contributed by atoms with Crippen molar-refractivity contribution in [2.75, 3.05) is 13.1 Å². The van der Waals surface area contributed by atoms with Crippen molar-refractivity contribution in [2.45, 2.75) is 31.6 Å². The summed E-state index contributed by atoms with van der Waals surface area (Å²) < 4.78 is 26.8. The van der Waals surface area contributed by atoms with Crippen LogP contribution in [0.5, 0.6) is 0 Å². The third-order valence-corrected chi connectivity index (χ3v) is 5.93. The zero-order valence-corrected chi connectivity index (χ0v) is 13.0. The Morgan fingerprint density at radius 3 is 2.71 bits per heavy atom. The van der Waals surface area contributed by atoms with E-state index in [2.05, 4.69) is 0 Å². The van der Waals surface area contributed by atoms with Crippen LogP contribution in [0.1, 0.15) is 30.9 Å². The monoisotopic (exact) mass is 306 g/mol. The van der Waals surface area contributed by atoms with Crippen LogP contribution in [0.4, 0.5) is 0 Å². The quantitative estimate of drug-likeness (QED) is 0.854. The number of piperidine rings is 1. The number of hydrogen-bond acceptors (Lipinski definition) is 4. The van der Waals surface area contributed by atoms with Crippen LogP contribution >= 0.6 is 0 Å². The molecule has 112 valence electrons. The number of carbonyl (C=O) groups excluding carboxylic acids is 1. The van der Waals surface area contributed by atoms with Crippen LogP contribution in [-0.2, 0) is 14.8 Å². The van der Waals surface area contributed by atoms with E-state index in [1.165, 1.54) is 16.4 Å². The molecule has 1 atom stereocenters. The van der Waals surface area contributed by atoms with E-state index in [-0.39, 0.29) is 36.1 Å². The van der Waals surface area contributed by atoms with Crippen molar-refractivity contribution in [1.82, 2.24) is 4.31 Å². The maximum Gasteiger partial charge on any atom is 0.243 e. The molecule has 1 aliphatic heterocycles. The largest absolute Gasteiger partial charge is 0.299 e. The van der Waals surface area contributed by atoms with Gasteiger partial charge < -0.3 is 0 Å². The molecular formula is C15H18N2O3S. The minimum atomic E-state index is -3.61. The molecule has 1 heterocycles. The Bertz CT molecular complexity index is 704. The second-order valence-electron chi connectivity index (χ2n) is 5.28. The van der Waals surface area contributed by atoms with Crippen molar-refractivity contribution in [1.29, 1.82) is 5.26 Å². The van der Waals surface area contributed by atoms with Gasteiger partial charge in [-0.1, -0.05) is 6.92 Å². The van der Waals surface area contributed by atoms with Gasteiger partial charge in [0.15, 0.2) is 0 Å². The maximum absolute atomic E-state index is 12.7. The van der Waals surface area contributed by atoms with Crippen LogP contribution in [0, 0.1) is 24.2 Å². The van der Waals surface area contributed by atoms with Crippen molar-refractivity contribution >= 4 is 15.8 Å². The number of rotatable bonds is 3. The molecular weight excluding hydrogens is 288 g/mol. The number of nitrogens with zero attached hydrogens (tertiary/aromatic N) is 2. The molecule has 1 unspecified atom stereocenters. The number of ketones is 1. The fourth-order valence-electron chi connectivity index (χ4n) is 2.60. The highest BCUT2D eigenvalue weighted by Gasteiger charge is 2.34. The lowest BCUT2D eigenvalue weighted by atomic mass is 9.96. The Labute approximate surface area is 125 Å². The number of aryl methyl sites for hydroxylation is 1. The van der Waals surface area contributed by atoms with Gasteiger partial charge in [-0.3, -0.25) is 4.79 Å². The van der Waals surface area contributed by atoms with Crippen LogP contribution in [-0.4, -0.2) is 31.6 Å². The lowest BCUT2D eigenvalue weighted by molar-refractivity contribution is -0.125. The zero-order valence-electron chi connectivity index (χ0n) is 12.2. The van der Waals surface area contributed by atoms with Crippen molar-refractivity contribution in [3.05, 3.63) is 29.3 Å². The smallest absolute Gasteiger partial charge is 0.243 e. The standard InChI is InChI=1S/C15H18N2O3S/c1-3-13-10-17(7-6-14(13)18)21(19,20)15-5-4-12(9-16)8-11(15)2/h4-5,8,13H,3,6-7,10H2,1-2H3. The van der Waals surface area contributed by atoms with Gasteiger partial charge in [0.1, 0.15) is 5.78 Å². The summed E-state index contributed by atoms with van der Waals surface area (Å²) >= 11 is 0. The van der Waals surface area contributed by atoms with E-state index in [0.717, 1.165) is 0 Å². The molecule has 1 aromatic carbocycles. The molecule has 21 heavy (non-hydrogen) atoms. The number of sulfonamides is 1. The highest BCUT2D eigenvalue weighted by atomic mass is 32.2. The predicted octanol–water partition coefficient (Wildman–Crippen LogP) is 1.86. The number of benzene rings is 1. The summed E-state index contributed by atoms with van der Waals surface area (Å²) in [6.07, 6.45) is 0.921. The molecule has 0 N–H and O–H groups in total. The van der Waals surface area contributed by atoms with Crippen LogP contribution in [0.25, 0.3) is 0 Å². The third kappa shape index (κ3) is 2.99. The molecule has 0 saturated carbocycles. The molecule has 0 amide bonds. The van der Waals surface area contributed by atoms with Gasteiger partial charge in [-0.2, -0.15) is 9.57 Å². The Balaban J connectivity index is 2.34. The SMILES string of the molecule is CCC1CN(S(=O)(=O)c2ccc(C#N)cc2C)CCC1=O. The highest BCUT2D eigenvalue weighted by molar-refractivity contribution is 7.89. The molecule has 0 bridgehead atoms. The van der Waals surface area contributed by atoms with Gasteiger partial charge in [0.05, 0.1) is 16.5 Å². The number of nitriles is 1. The summed E-state index contributed by atoms with van der Waals surface area (Å²) in [6, 6.07) is 6.54. The van der Waals surface area contributed by atoms with Gasteiger partial charge in [-0.15, -0.1) is 0 Å². The molecule has 0 radical (unpaired) electrons. The first-order valence-corrected chi connectivity index (χ1v) is 8.37. The first kappa shape index (κ1) is 15.7. The minimum absolute atomic E-state index is 0.139. The summed E-state index contributed by atoms with van der Waals surface area (Å²) in [5.74, 6) is -0.0762. The zero-order chi connectivity index (χ0) is 15.6. The van der Waals surface area contributed by atoms with E-state index in [4.69, 9.17) is 5.26 Å². The highest BCUT2D eigenvalue weighted by Crippen LogP contribution is 2.25. The van der Waals surface area contributed by atoms with E-state index in [0.29, 0.717) is 17.5 Å². The topological polar surface area (TPSA) is 78.2 Å². The Morgan fingerprint density at radius 2 is 2.14 bits per heavy atom. The van der Waals surface area contributed by atoms with Crippen LogP contribution in [0.2, 0.25) is 0 Å². The van der Waals surface area contributed by atoms with Crippen LogP contribution in [0.15, 0.2) is 23.1 Å². The normalized spacial score (nSPS) is 20.2. The van der Waals surface area contributed by atoms with Crippen molar-refractivity contribution in [3.63, 3.8) is 0 Å². The summed E-state index contributed by atoms with van der Waals surface area (Å²) in [6.45, 7) is 4.06. The first-order chi connectivity index (χ1) is 9.90. The van der Waals surface area contributed by atoms with E-state index in [1.54, 1.807) is 13.0 Å². The van der Waals surface area contributed by atoms with Crippen molar-refractivity contribution < 1.29 is 13.2 Å². The fraction of sp³-hybridized carbons (Fsp3) is 0.467. The van der Waals surface area contributed by atoms with Gasteiger partial charge in [-0.05, 0) is 37.1 Å². The van der Waals surface area contributed by atoms with E-state index < -0.39 is 10.0 Å². The van der Waals surface area contributed by atoms with Gasteiger partial charge in [0, 0.05) is 25.4 Å². The Kier molecular flexibility index (Phi) is 4.45. The van der Waals surface area contributed by atoms with Gasteiger partial charge in [0.25, 0.3) is 0 Å². The molecule has 1 aliphatic rings. The van der Waals surface area contributed by atoms with Crippen LogP contribution < -0.4 is 0 Å². The van der Waals surface area contributed by atoms with Crippen molar-refractivity contribution in [3.8, 4) is 6.07 Å². The molecule has 2 rings (SSSR count). The second kappa shape index (κ2) is 5.96. The van der Waals surface area contributed by atoms with E-state index in [9.17, 15) is 13.2 Å². The second-order valence-corrected chi connectivity index (χ2v) is 7.18. The lowest BCUT2D eigenvalue weighted by Gasteiger charge is -2.30. The van der Waals surface area contributed by atoms with Crippen molar-refractivity contribution in [2.24, 2.45) is 5.92 Å². The average molecular weight is 306 g/mol. The fourth-order valence-corrected chi connectivity index (χ4v) is 4.29. The van der Waals surface area contributed by atoms with E-state index >= 15 is 0 Å². The molecule has 0 aromatic heterocycles. The first-order valence-electron chi connectivity index (χ1n) is 6.93. The average Bonchev–Trinajstić information content (AvgIpc) is 2.47. The summed E-state index contributed by atoms with van der Waals surface area (Å²) in [7, 11) is -3.61. The molecule has 1 fully saturated rings. The number of Topliss-reactive ketones (excluding diaryl/α,β-unsaturated/α-hetero) is 1. The van der Waals surface area contributed by atoms with Gasteiger partial charge in [-0.25, -0.2) is 8.42 Å². The van der Waals surface area contributed by atoms with E-state index in [1.807, 2.05) is 13.0 Å².